The Morgan fingerprint density at radius 2 is 1.95 bits per heavy atom. The van der Waals surface area contributed by atoms with Crippen molar-refractivity contribution >= 4 is 33.1 Å². The van der Waals surface area contributed by atoms with Gasteiger partial charge in [-0.15, -0.1) is 11.3 Å². The Hall–Kier alpha value is -0.940. The van der Waals surface area contributed by atoms with Crippen LogP contribution in [0.1, 0.15) is 44.7 Å². The van der Waals surface area contributed by atoms with Crippen LogP contribution in [0.3, 0.4) is 0 Å². The number of rotatable bonds is 10. The van der Waals surface area contributed by atoms with E-state index in [9.17, 15) is 0 Å². The molecule has 0 aliphatic rings. The summed E-state index contributed by atoms with van der Waals surface area (Å²) in [6, 6.07) is 4.16. The third-order valence-electron chi connectivity index (χ3n) is 3.69. The van der Waals surface area contributed by atoms with E-state index in [0.717, 1.165) is 29.8 Å². The molecule has 2 heterocycles. The van der Waals surface area contributed by atoms with Crippen LogP contribution >= 0.6 is 27.3 Å². The van der Waals surface area contributed by atoms with Crippen molar-refractivity contribution in [3.05, 3.63) is 39.4 Å². The van der Waals surface area contributed by atoms with Gasteiger partial charge in [-0.05, 0) is 34.5 Å². The van der Waals surface area contributed by atoms with Crippen LogP contribution in [-0.4, -0.2) is 23.1 Å². The number of hydrogen-bond acceptors (Lipinski definition) is 4. The van der Waals surface area contributed by atoms with Gasteiger partial charge in [-0.3, -0.25) is 0 Å². The molecule has 0 saturated carbocycles. The molecule has 120 valence electrons. The van der Waals surface area contributed by atoms with Gasteiger partial charge in [0.2, 0.25) is 0 Å². The van der Waals surface area contributed by atoms with Crippen LogP contribution in [0.2, 0.25) is 0 Å². The highest BCUT2D eigenvalue weighted by molar-refractivity contribution is 9.10. The maximum Gasteiger partial charge on any atom is 0.128 e. The maximum absolute atomic E-state index is 4.55. The number of unbranched alkanes of at least 4 members (excludes halogenated alkanes) is 4. The Morgan fingerprint density at radius 1 is 1.09 bits per heavy atom. The smallest absolute Gasteiger partial charge is 0.128 e. The first-order valence-electron chi connectivity index (χ1n) is 8.03. The van der Waals surface area contributed by atoms with Crippen LogP contribution in [-0.2, 0) is 6.42 Å². The van der Waals surface area contributed by atoms with Gasteiger partial charge in [0.15, 0.2) is 0 Å². The summed E-state index contributed by atoms with van der Waals surface area (Å²) < 4.78 is 1.03. The first-order valence-corrected chi connectivity index (χ1v) is 9.76. The molecule has 3 nitrogen and oxygen atoms in total. The van der Waals surface area contributed by atoms with Crippen LogP contribution in [0, 0.1) is 0 Å². The Bertz CT molecular complexity index is 513. The molecule has 2 aromatic rings. The Labute approximate surface area is 145 Å². The van der Waals surface area contributed by atoms with Crippen LogP contribution in [0.15, 0.2) is 33.7 Å². The van der Waals surface area contributed by atoms with Gasteiger partial charge in [0.05, 0.1) is 11.2 Å². The topological polar surface area (TPSA) is 29.0 Å². The second-order valence-corrected chi connectivity index (χ2v) is 7.10. The summed E-state index contributed by atoms with van der Waals surface area (Å²) in [5, 5.41) is 2.13. The van der Waals surface area contributed by atoms with E-state index in [4.69, 9.17) is 0 Å². The first kappa shape index (κ1) is 17.4. The number of nitrogens with zero attached hydrogens (tertiary/aromatic N) is 3. The van der Waals surface area contributed by atoms with E-state index in [1.807, 2.05) is 11.7 Å². The van der Waals surface area contributed by atoms with Crippen molar-refractivity contribution in [1.29, 1.82) is 0 Å². The number of thiazole rings is 1. The molecule has 0 amide bonds. The van der Waals surface area contributed by atoms with Gasteiger partial charge in [0.25, 0.3) is 0 Å². The fraction of sp³-hybridized carbons (Fsp3) is 0.529. The second kappa shape index (κ2) is 9.95. The summed E-state index contributed by atoms with van der Waals surface area (Å²) in [6.45, 7) is 4.31. The van der Waals surface area contributed by atoms with Gasteiger partial charge in [-0.1, -0.05) is 32.6 Å². The fourth-order valence-corrected chi connectivity index (χ4v) is 3.24. The van der Waals surface area contributed by atoms with Crippen molar-refractivity contribution in [2.24, 2.45) is 0 Å². The summed E-state index contributed by atoms with van der Waals surface area (Å²) in [5.41, 5.74) is 3.08. The molecule has 2 rings (SSSR count). The molecular formula is C17H24BrN3S. The van der Waals surface area contributed by atoms with Crippen molar-refractivity contribution in [1.82, 2.24) is 9.97 Å². The first-order chi connectivity index (χ1) is 10.8. The zero-order valence-corrected chi connectivity index (χ0v) is 15.6. The highest BCUT2D eigenvalue weighted by Gasteiger charge is 2.08. The molecule has 0 aromatic carbocycles. The highest BCUT2D eigenvalue weighted by atomic mass is 79.9. The normalized spacial score (nSPS) is 10.8. The lowest BCUT2D eigenvalue weighted by Gasteiger charge is -2.23. The highest BCUT2D eigenvalue weighted by Crippen LogP contribution is 2.17. The number of anilines is 1. The second-order valence-electron chi connectivity index (χ2n) is 5.47. The van der Waals surface area contributed by atoms with E-state index < -0.39 is 0 Å². The van der Waals surface area contributed by atoms with Crippen molar-refractivity contribution in [2.75, 3.05) is 18.0 Å². The third kappa shape index (κ3) is 6.05. The number of hydrogen-bond donors (Lipinski definition) is 0. The monoisotopic (exact) mass is 381 g/mol. The molecule has 0 aliphatic carbocycles. The Kier molecular flexibility index (Phi) is 7.88. The quantitative estimate of drug-likeness (QED) is 0.521. The van der Waals surface area contributed by atoms with Gasteiger partial charge in [0.1, 0.15) is 5.82 Å². The lowest BCUT2D eigenvalue weighted by Crippen LogP contribution is -2.28. The van der Waals surface area contributed by atoms with Gasteiger partial charge < -0.3 is 4.90 Å². The fourth-order valence-electron chi connectivity index (χ4n) is 2.41. The minimum Gasteiger partial charge on any atom is -0.356 e. The Balaban J connectivity index is 1.89. The van der Waals surface area contributed by atoms with E-state index in [1.54, 1.807) is 11.3 Å². The molecular weight excluding hydrogens is 358 g/mol. The molecule has 0 radical (unpaired) electrons. The summed E-state index contributed by atoms with van der Waals surface area (Å²) in [6.07, 6.45) is 9.37. The third-order valence-corrected chi connectivity index (χ3v) is 4.79. The van der Waals surface area contributed by atoms with Crippen LogP contribution in [0.4, 0.5) is 5.82 Å². The molecule has 0 saturated heterocycles. The molecule has 0 bridgehead atoms. The van der Waals surface area contributed by atoms with Gasteiger partial charge in [-0.25, -0.2) is 9.97 Å². The lowest BCUT2D eigenvalue weighted by atomic mass is 10.1. The zero-order valence-electron chi connectivity index (χ0n) is 13.2. The summed E-state index contributed by atoms with van der Waals surface area (Å²) in [7, 11) is 0. The van der Waals surface area contributed by atoms with E-state index >= 15 is 0 Å². The SMILES string of the molecule is CCCCCCCN(CCc1cscn1)c1ccc(Br)cn1. The molecule has 5 heteroatoms. The average molecular weight is 382 g/mol. The molecule has 0 spiro atoms. The summed E-state index contributed by atoms with van der Waals surface area (Å²) in [4.78, 5) is 11.3. The van der Waals surface area contributed by atoms with Gasteiger partial charge in [-0.2, -0.15) is 0 Å². The van der Waals surface area contributed by atoms with E-state index in [2.05, 4.69) is 55.2 Å². The Morgan fingerprint density at radius 3 is 2.64 bits per heavy atom. The average Bonchev–Trinajstić information content (AvgIpc) is 3.04. The molecule has 0 unspecified atom stereocenters. The predicted octanol–water partition coefficient (Wildman–Crippen LogP) is 5.32. The van der Waals surface area contributed by atoms with Crippen LogP contribution in [0.25, 0.3) is 0 Å². The molecule has 0 N–H and O–H groups in total. The molecule has 0 aliphatic heterocycles. The van der Waals surface area contributed by atoms with Gasteiger partial charge >= 0.3 is 0 Å². The minimum absolute atomic E-state index is 0.978. The lowest BCUT2D eigenvalue weighted by molar-refractivity contribution is 0.614. The van der Waals surface area contributed by atoms with E-state index in [0.29, 0.717) is 0 Å². The largest absolute Gasteiger partial charge is 0.356 e. The van der Waals surface area contributed by atoms with Crippen LogP contribution in [0.5, 0.6) is 0 Å². The van der Waals surface area contributed by atoms with E-state index in [-0.39, 0.29) is 0 Å². The zero-order chi connectivity index (χ0) is 15.6. The number of aromatic nitrogens is 2. The van der Waals surface area contributed by atoms with E-state index in [1.165, 1.54) is 37.8 Å². The predicted molar refractivity (Wildman–Crippen MR) is 98.7 cm³/mol. The number of halogens is 1. The minimum atomic E-state index is 0.978. The standard InChI is InChI=1S/C17H24BrN3S/c1-2-3-4-5-6-10-21(11-9-16-13-22-14-20-16)17-8-7-15(18)12-19-17/h7-8,12-14H,2-6,9-11H2,1H3. The van der Waals surface area contributed by atoms with Crippen molar-refractivity contribution in [3.63, 3.8) is 0 Å². The maximum atomic E-state index is 4.55. The molecule has 0 fully saturated rings. The molecule has 22 heavy (non-hydrogen) atoms. The molecule has 2 aromatic heterocycles. The van der Waals surface area contributed by atoms with Crippen LogP contribution < -0.4 is 4.90 Å². The summed E-state index contributed by atoms with van der Waals surface area (Å²) >= 11 is 5.12. The van der Waals surface area contributed by atoms with Gasteiger partial charge in [0, 0.05) is 35.6 Å². The number of pyridine rings is 1. The molecule has 0 atom stereocenters. The summed E-state index contributed by atoms with van der Waals surface area (Å²) in [5.74, 6) is 1.06. The van der Waals surface area contributed by atoms with Crippen molar-refractivity contribution in [2.45, 2.75) is 45.4 Å². The van der Waals surface area contributed by atoms with Crippen molar-refractivity contribution < 1.29 is 0 Å². The van der Waals surface area contributed by atoms with Crippen molar-refractivity contribution in [3.8, 4) is 0 Å².